The molecule has 2 fully saturated rings. The topological polar surface area (TPSA) is 108 Å². The Hall–Kier alpha value is -2.45. The minimum absolute atomic E-state index is 0.0251. The third-order valence-electron chi connectivity index (χ3n) is 7.16. The highest BCUT2D eigenvalue weighted by molar-refractivity contribution is 5.88. The monoisotopic (exact) mass is 471 g/mol. The van der Waals surface area contributed by atoms with Gasteiger partial charge >= 0.3 is 0 Å². The van der Waals surface area contributed by atoms with Crippen LogP contribution in [0.1, 0.15) is 56.6 Å². The van der Waals surface area contributed by atoms with Gasteiger partial charge in [0.25, 0.3) is 0 Å². The highest BCUT2D eigenvalue weighted by Crippen LogP contribution is 2.25. The number of benzene rings is 1. The number of likely N-dealkylation sites (N-methyl/N-ethyl adjacent to an activating group) is 1. The van der Waals surface area contributed by atoms with Gasteiger partial charge in [-0.25, -0.2) is 0 Å². The minimum Gasteiger partial charge on any atom is -0.351 e. The first-order chi connectivity index (χ1) is 16.4. The van der Waals surface area contributed by atoms with Crippen LogP contribution in [0.4, 0.5) is 0 Å². The number of hydrogen-bond donors (Lipinski definition) is 3. The van der Waals surface area contributed by atoms with Gasteiger partial charge in [0.2, 0.25) is 17.7 Å². The maximum Gasteiger partial charge on any atom is 0.245 e. The van der Waals surface area contributed by atoms with Crippen molar-refractivity contribution in [3.05, 3.63) is 35.4 Å². The zero-order valence-electron chi connectivity index (χ0n) is 20.7. The van der Waals surface area contributed by atoms with Gasteiger partial charge < -0.3 is 26.2 Å². The SMILES string of the molecule is CCC(=O)NC(Cc1ccc(CNC(=O)C(N)C2CCCCC2)cc1)C(=O)N1CCN(C)CC1. The summed E-state index contributed by atoms with van der Waals surface area (Å²) in [4.78, 5) is 41.7. The van der Waals surface area contributed by atoms with Gasteiger partial charge in [0.1, 0.15) is 6.04 Å². The Kier molecular flexibility index (Phi) is 9.89. The maximum atomic E-state index is 13.1. The van der Waals surface area contributed by atoms with Crippen LogP contribution in [0.15, 0.2) is 24.3 Å². The second-order valence-electron chi connectivity index (χ2n) is 9.76. The predicted octanol–water partition coefficient (Wildman–Crippen LogP) is 1.42. The number of rotatable bonds is 9. The molecule has 2 atom stereocenters. The molecule has 1 saturated heterocycles. The first-order valence-electron chi connectivity index (χ1n) is 12.7. The van der Waals surface area contributed by atoms with E-state index in [1.807, 2.05) is 36.2 Å². The molecule has 2 aliphatic rings. The van der Waals surface area contributed by atoms with Crippen molar-refractivity contribution in [2.75, 3.05) is 33.2 Å². The third kappa shape index (κ3) is 7.53. The van der Waals surface area contributed by atoms with Gasteiger partial charge in [-0.1, -0.05) is 50.5 Å². The van der Waals surface area contributed by atoms with Gasteiger partial charge in [0.15, 0.2) is 0 Å². The van der Waals surface area contributed by atoms with E-state index in [4.69, 9.17) is 5.73 Å². The Balaban J connectivity index is 1.55. The molecule has 1 saturated carbocycles. The van der Waals surface area contributed by atoms with Crippen LogP contribution in [-0.4, -0.2) is 72.8 Å². The fourth-order valence-electron chi connectivity index (χ4n) is 4.79. The molecule has 34 heavy (non-hydrogen) atoms. The molecule has 1 aliphatic carbocycles. The van der Waals surface area contributed by atoms with E-state index in [0.29, 0.717) is 32.5 Å². The summed E-state index contributed by atoms with van der Waals surface area (Å²) < 4.78 is 0. The minimum atomic E-state index is -0.574. The van der Waals surface area contributed by atoms with Crippen molar-refractivity contribution in [2.45, 2.75) is 70.5 Å². The summed E-state index contributed by atoms with van der Waals surface area (Å²) in [6.07, 6.45) is 6.40. The van der Waals surface area contributed by atoms with E-state index >= 15 is 0 Å². The molecule has 0 spiro atoms. The van der Waals surface area contributed by atoms with Gasteiger partial charge in [-0.05, 0) is 36.9 Å². The molecule has 1 aliphatic heterocycles. The van der Waals surface area contributed by atoms with E-state index in [1.165, 1.54) is 6.42 Å². The van der Waals surface area contributed by atoms with E-state index in [9.17, 15) is 14.4 Å². The fraction of sp³-hybridized carbons (Fsp3) is 0.654. The maximum absolute atomic E-state index is 13.1. The summed E-state index contributed by atoms with van der Waals surface area (Å²) in [6, 6.07) is 6.83. The molecule has 4 N–H and O–H groups in total. The average Bonchev–Trinajstić information content (AvgIpc) is 2.87. The number of carbonyl (C=O) groups is 3. The molecule has 0 radical (unpaired) electrons. The number of piperazine rings is 1. The van der Waals surface area contributed by atoms with Crippen molar-refractivity contribution >= 4 is 17.7 Å². The molecule has 3 amide bonds. The molecule has 0 aromatic heterocycles. The van der Waals surface area contributed by atoms with Crippen LogP contribution >= 0.6 is 0 Å². The van der Waals surface area contributed by atoms with Crippen LogP contribution < -0.4 is 16.4 Å². The highest BCUT2D eigenvalue weighted by Gasteiger charge is 2.28. The van der Waals surface area contributed by atoms with Gasteiger partial charge in [-0.2, -0.15) is 0 Å². The molecule has 1 heterocycles. The second kappa shape index (κ2) is 12.9. The lowest BCUT2D eigenvalue weighted by molar-refractivity contribution is -0.137. The van der Waals surface area contributed by atoms with Crippen LogP contribution in [0.5, 0.6) is 0 Å². The lowest BCUT2D eigenvalue weighted by atomic mass is 9.84. The van der Waals surface area contributed by atoms with Crippen LogP contribution in [0, 0.1) is 5.92 Å². The number of hydrogen-bond acceptors (Lipinski definition) is 5. The normalized spacial score (nSPS) is 19.3. The number of amides is 3. The van der Waals surface area contributed by atoms with Crippen LogP contribution in [-0.2, 0) is 27.3 Å². The fourth-order valence-corrected chi connectivity index (χ4v) is 4.79. The first kappa shape index (κ1) is 26.2. The number of carbonyl (C=O) groups excluding carboxylic acids is 3. The van der Waals surface area contributed by atoms with E-state index < -0.39 is 12.1 Å². The molecular formula is C26H41N5O3. The van der Waals surface area contributed by atoms with Crippen molar-refractivity contribution in [3.63, 3.8) is 0 Å². The zero-order valence-corrected chi connectivity index (χ0v) is 20.7. The Labute approximate surface area is 203 Å². The molecule has 1 aromatic carbocycles. The van der Waals surface area contributed by atoms with Crippen molar-refractivity contribution < 1.29 is 14.4 Å². The molecule has 188 valence electrons. The first-order valence-corrected chi connectivity index (χ1v) is 12.7. The summed E-state index contributed by atoms with van der Waals surface area (Å²) in [5.74, 6) is 0.0457. The van der Waals surface area contributed by atoms with Crippen LogP contribution in [0.2, 0.25) is 0 Å². The van der Waals surface area contributed by atoms with E-state index in [0.717, 1.165) is 49.9 Å². The largest absolute Gasteiger partial charge is 0.351 e. The molecule has 8 heteroatoms. The number of nitrogens with two attached hydrogens (primary N) is 1. The zero-order chi connectivity index (χ0) is 24.5. The van der Waals surface area contributed by atoms with Crippen LogP contribution in [0.3, 0.4) is 0 Å². The summed E-state index contributed by atoms with van der Waals surface area (Å²) in [5, 5.41) is 5.88. The molecule has 3 rings (SSSR count). The standard InChI is InChI=1S/C26H41N5O3/c1-3-23(32)29-22(26(34)31-15-13-30(2)14-16-31)17-19-9-11-20(12-10-19)18-28-25(33)24(27)21-7-5-4-6-8-21/h9-12,21-22,24H,3-8,13-18,27H2,1-2H3,(H,28,33)(H,29,32). The number of nitrogens with zero attached hydrogens (tertiary/aromatic N) is 2. The lowest BCUT2D eigenvalue weighted by Gasteiger charge is -2.34. The van der Waals surface area contributed by atoms with Crippen molar-refractivity contribution in [1.29, 1.82) is 0 Å². The average molecular weight is 472 g/mol. The quantitative estimate of drug-likeness (QED) is 0.505. The smallest absolute Gasteiger partial charge is 0.245 e. The summed E-state index contributed by atoms with van der Waals surface area (Å²) in [6.45, 7) is 5.24. The van der Waals surface area contributed by atoms with Crippen molar-refractivity contribution in [3.8, 4) is 0 Å². The van der Waals surface area contributed by atoms with Gasteiger partial charge in [0, 0.05) is 45.6 Å². The Morgan fingerprint density at radius 3 is 2.24 bits per heavy atom. The molecule has 1 aromatic rings. The molecule has 0 bridgehead atoms. The van der Waals surface area contributed by atoms with E-state index in [2.05, 4.69) is 15.5 Å². The summed E-state index contributed by atoms with van der Waals surface area (Å²) >= 11 is 0. The molecule has 2 unspecified atom stereocenters. The second-order valence-corrected chi connectivity index (χ2v) is 9.76. The van der Waals surface area contributed by atoms with E-state index in [-0.39, 0.29) is 23.6 Å². The van der Waals surface area contributed by atoms with Crippen molar-refractivity contribution in [2.24, 2.45) is 11.7 Å². The lowest BCUT2D eigenvalue weighted by Crippen LogP contribution is -2.54. The Morgan fingerprint density at radius 2 is 1.62 bits per heavy atom. The molecule has 8 nitrogen and oxygen atoms in total. The Bertz CT molecular complexity index is 814. The Morgan fingerprint density at radius 1 is 1.00 bits per heavy atom. The third-order valence-corrected chi connectivity index (χ3v) is 7.16. The van der Waals surface area contributed by atoms with E-state index in [1.54, 1.807) is 6.92 Å². The highest BCUT2D eigenvalue weighted by atomic mass is 16.2. The van der Waals surface area contributed by atoms with Gasteiger partial charge in [-0.3, -0.25) is 14.4 Å². The van der Waals surface area contributed by atoms with Gasteiger partial charge in [0.05, 0.1) is 6.04 Å². The summed E-state index contributed by atoms with van der Waals surface area (Å²) in [5.41, 5.74) is 8.15. The van der Waals surface area contributed by atoms with Crippen LogP contribution in [0.25, 0.3) is 0 Å². The number of nitrogens with one attached hydrogen (secondary N) is 2. The van der Waals surface area contributed by atoms with Crippen molar-refractivity contribution in [1.82, 2.24) is 20.4 Å². The van der Waals surface area contributed by atoms with Gasteiger partial charge in [-0.15, -0.1) is 0 Å². The predicted molar refractivity (Wildman–Crippen MR) is 133 cm³/mol. The summed E-state index contributed by atoms with van der Waals surface area (Å²) in [7, 11) is 2.05. The molecular weight excluding hydrogens is 430 g/mol.